The molecule has 2 aromatic heterocycles. The lowest BCUT2D eigenvalue weighted by Gasteiger charge is -2.15. The first-order chi connectivity index (χ1) is 17.0. The van der Waals surface area contributed by atoms with Crippen LogP contribution in [0.1, 0.15) is 28.5 Å². The quantitative estimate of drug-likeness (QED) is 0.368. The average Bonchev–Trinajstić information content (AvgIpc) is 3.27. The van der Waals surface area contributed by atoms with Crippen LogP contribution in [0.4, 0.5) is 5.69 Å². The Morgan fingerprint density at radius 2 is 1.86 bits per heavy atom. The molecule has 35 heavy (non-hydrogen) atoms. The van der Waals surface area contributed by atoms with Crippen LogP contribution in [-0.4, -0.2) is 46.1 Å². The number of nitrogens with one attached hydrogen (secondary N) is 2. The van der Waals surface area contributed by atoms with Crippen molar-refractivity contribution in [3.8, 4) is 0 Å². The summed E-state index contributed by atoms with van der Waals surface area (Å²) in [6, 6.07) is 19.2. The number of anilines is 1. The number of amides is 2. The first kappa shape index (κ1) is 24.1. The number of rotatable bonds is 10. The Bertz CT molecular complexity index is 1290. The number of fused-ring (bicyclic) bond motifs is 1. The van der Waals surface area contributed by atoms with Crippen LogP contribution < -0.4 is 10.6 Å². The Morgan fingerprint density at radius 3 is 2.60 bits per heavy atom. The lowest BCUT2D eigenvalue weighted by Crippen LogP contribution is -2.34. The van der Waals surface area contributed by atoms with Gasteiger partial charge in [0.25, 0.3) is 5.91 Å². The van der Waals surface area contributed by atoms with Crippen LogP contribution in [0.2, 0.25) is 0 Å². The molecule has 2 amide bonds. The predicted octanol–water partition coefficient (Wildman–Crippen LogP) is 3.62. The molecule has 2 heterocycles. The van der Waals surface area contributed by atoms with Crippen LogP contribution in [-0.2, 0) is 28.9 Å². The summed E-state index contributed by atoms with van der Waals surface area (Å²) in [6.45, 7) is 2.53. The van der Waals surface area contributed by atoms with Gasteiger partial charge in [-0.1, -0.05) is 36.4 Å². The SMILES string of the molecule is COCC(=O)Nc1cc(C(=O)NC(C)Cc2ccccn2)cc2ncn(CCc3ccccc3)c12. The Hall–Kier alpha value is -4.04. The van der Waals surface area contributed by atoms with Gasteiger partial charge in [-0.2, -0.15) is 0 Å². The Labute approximate surface area is 204 Å². The second-order valence-electron chi connectivity index (χ2n) is 8.45. The maximum absolute atomic E-state index is 13.1. The summed E-state index contributed by atoms with van der Waals surface area (Å²) in [6.07, 6.45) is 4.90. The van der Waals surface area contributed by atoms with E-state index in [0.717, 1.165) is 17.6 Å². The maximum atomic E-state index is 13.1. The van der Waals surface area contributed by atoms with E-state index in [1.807, 2.05) is 47.9 Å². The van der Waals surface area contributed by atoms with E-state index in [9.17, 15) is 9.59 Å². The summed E-state index contributed by atoms with van der Waals surface area (Å²) in [5, 5.41) is 5.90. The van der Waals surface area contributed by atoms with Gasteiger partial charge in [-0.25, -0.2) is 4.98 Å². The lowest BCUT2D eigenvalue weighted by atomic mass is 10.1. The standard InChI is InChI=1S/C27H29N5O3/c1-19(14-22-10-6-7-12-28-22)30-27(34)21-15-23-26(24(16-21)31-25(33)17-35-2)32(18-29-23)13-11-20-8-4-3-5-9-20/h3-10,12,15-16,18-19H,11,13-14,17H2,1-2H3,(H,30,34)(H,31,33). The number of hydrogen-bond acceptors (Lipinski definition) is 5. The fourth-order valence-electron chi connectivity index (χ4n) is 4.01. The highest BCUT2D eigenvalue weighted by atomic mass is 16.5. The molecule has 8 nitrogen and oxygen atoms in total. The molecule has 0 bridgehead atoms. The molecule has 2 aromatic carbocycles. The van der Waals surface area contributed by atoms with Gasteiger partial charge in [0.05, 0.1) is 23.0 Å². The molecule has 1 unspecified atom stereocenters. The summed E-state index contributed by atoms with van der Waals surface area (Å²) in [4.78, 5) is 34.3. The number of imidazole rings is 1. The Balaban J connectivity index is 1.58. The highest BCUT2D eigenvalue weighted by molar-refractivity contribution is 6.05. The molecule has 0 aliphatic carbocycles. The number of nitrogens with zero attached hydrogens (tertiary/aromatic N) is 3. The second kappa shape index (κ2) is 11.4. The predicted molar refractivity (Wildman–Crippen MR) is 135 cm³/mol. The number of benzene rings is 2. The van der Waals surface area contributed by atoms with Gasteiger partial charge in [0.1, 0.15) is 6.61 Å². The van der Waals surface area contributed by atoms with Crippen LogP contribution in [0.25, 0.3) is 11.0 Å². The summed E-state index contributed by atoms with van der Waals surface area (Å²) in [5.74, 6) is -0.540. The number of hydrogen-bond donors (Lipinski definition) is 2. The van der Waals surface area contributed by atoms with E-state index >= 15 is 0 Å². The summed E-state index contributed by atoms with van der Waals surface area (Å²) < 4.78 is 6.97. The number of carbonyl (C=O) groups is 2. The van der Waals surface area contributed by atoms with E-state index in [1.54, 1.807) is 24.7 Å². The zero-order valence-corrected chi connectivity index (χ0v) is 19.9. The minimum absolute atomic E-state index is 0.0861. The van der Waals surface area contributed by atoms with Gasteiger partial charge >= 0.3 is 0 Å². The normalized spacial score (nSPS) is 11.8. The first-order valence-corrected chi connectivity index (χ1v) is 11.6. The number of aromatic nitrogens is 3. The molecular formula is C27H29N5O3. The van der Waals surface area contributed by atoms with Crippen LogP contribution in [0.15, 0.2) is 73.2 Å². The van der Waals surface area contributed by atoms with Crippen molar-refractivity contribution in [2.75, 3.05) is 19.0 Å². The minimum Gasteiger partial charge on any atom is -0.375 e. The molecule has 180 valence electrons. The Morgan fingerprint density at radius 1 is 1.06 bits per heavy atom. The molecule has 0 aliphatic rings. The first-order valence-electron chi connectivity index (χ1n) is 11.6. The highest BCUT2D eigenvalue weighted by Gasteiger charge is 2.18. The van der Waals surface area contributed by atoms with Crippen molar-refractivity contribution < 1.29 is 14.3 Å². The molecule has 8 heteroatoms. The molecule has 0 spiro atoms. The van der Waals surface area contributed by atoms with Crippen LogP contribution in [0.3, 0.4) is 0 Å². The summed E-state index contributed by atoms with van der Waals surface area (Å²) >= 11 is 0. The van der Waals surface area contributed by atoms with Gasteiger partial charge in [-0.05, 0) is 43.2 Å². The third-order valence-corrected chi connectivity index (χ3v) is 5.63. The van der Waals surface area contributed by atoms with Crippen LogP contribution in [0, 0.1) is 0 Å². The van der Waals surface area contributed by atoms with Gasteiger partial charge in [-0.15, -0.1) is 0 Å². The number of ether oxygens (including phenoxy) is 1. The van der Waals surface area contributed by atoms with E-state index in [2.05, 4.69) is 32.7 Å². The molecule has 4 rings (SSSR count). The molecule has 0 saturated carbocycles. The largest absolute Gasteiger partial charge is 0.375 e. The summed E-state index contributed by atoms with van der Waals surface area (Å²) in [7, 11) is 1.46. The van der Waals surface area contributed by atoms with Gasteiger partial charge < -0.3 is 19.9 Å². The molecular weight excluding hydrogens is 442 g/mol. The number of pyridine rings is 1. The fraction of sp³-hybridized carbons (Fsp3) is 0.259. The minimum atomic E-state index is -0.300. The van der Waals surface area contributed by atoms with Gasteiger partial charge in [0, 0.05) is 43.6 Å². The molecule has 2 N–H and O–H groups in total. The summed E-state index contributed by atoms with van der Waals surface area (Å²) in [5.41, 5.74) is 4.46. The third-order valence-electron chi connectivity index (χ3n) is 5.63. The van der Waals surface area contributed by atoms with Crippen molar-refractivity contribution in [3.05, 3.63) is 90.0 Å². The van der Waals surface area contributed by atoms with E-state index in [0.29, 0.717) is 29.7 Å². The molecule has 0 aliphatic heterocycles. The smallest absolute Gasteiger partial charge is 0.251 e. The third kappa shape index (κ3) is 6.30. The molecule has 4 aromatic rings. The van der Waals surface area contributed by atoms with E-state index in [4.69, 9.17) is 4.74 Å². The zero-order valence-electron chi connectivity index (χ0n) is 19.9. The number of carbonyl (C=O) groups excluding carboxylic acids is 2. The van der Waals surface area contributed by atoms with E-state index in [-0.39, 0.29) is 24.5 Å². The average molecular weight is 472 g/mol. The van der Waals surface area contributed by atoms with Crippen molar-refractivity contribution in [2.24, 2.45) is 0 Å². The van der Waals surface area contributed by atoms with Crippen molar-refractivity contribution in [1.82, 2.24) is 19.9 Å². The Kier molecular flexibility index (Phi) is 7.84. The highest BCUT2D eigenvalue weighted by Crippen LogP contribution is 2.26. The van der Waals surface area contributed by atoms with Crippen LogP contribution >= 0.6 is 0 Å². The van der Waals surface area contributed by atoms with Gasteiger partial charge in [0.2, 0.25) is 5.91 Å². The van der Waals surface area contributed by atoms with Gasteiger partial charge in [0.15, 0.2) is 0 Å². The monoisotopic (exact) mass is 471 g/mol. The van der Waals surface area contributed by atoms with E-state index in [1.165, 1.54) is 12.7 Å². The molecule has 0 fully saturated rings. The van der Waals surface area contributed by atoms with Crippen LogP contribution in [0.5, 0.6) is 0 Å². The molecule has 1 atom stereocenters. The fourth-order valence-corrected chi connectivity index (χ4v) is 4.01. The van der Waals surface area contributed by atoms with Crippen molar-refractivity contribution in [1.29, 1.82) is 0 Å². The molecule has 0 saturated heterocycles. The van der Waals surface area contributed by atoms with Crippen molar-refractivity contribution in [3.63, 3.8) is 0 Å². The molecule has 0 radical (unpaired) electrons. The zero-order chi connectivity index (χ0) is 24.6. The van der Waals surface area contributed by atoms with Gasteiger partial charge in [-0.3, -0.25) is 14.6 Å². The van der Waals surface area contributed by atoms with Crippen molar-refractivity contribution in [2.45, 2.75) is 32.4 Å². The maximum Gasteiger partial charge on any atom is 0.251 e. The number of aryl methyl sites for hydroxylation is 2. The topological polar surface area (TPSA) is 98.1 Å². The lowest BCUT2D eigenvalue weighted by molar-refractivity contribution is -0.119. The number of methoxy groups -OCH3 is 1. The second-order valence-corrected chi connectivity index (χ2v) is 8.45. The van der Waals surface area contributed by atoms with E-state index < -0.39 is 0 Å². The van der Waals surface area contributed by atoms with Crippen molar-refractivity contribution >= 4 is 28.5 Å².